The third-order valence-corrected chi connectivity index (χ3v) is 23.5. The van der Waals surface area contributed by atoms with E-state index in [1.54, 1.807) is 111 Å². The fourth-order valence-electron chi connectivity index (χ4n) is 12.8. The second-order valence-electron chi connectivity index (χ2n) is 27.9. The Hall–Kier alpha value is -13.3. The number of aromatic nitrogens is 8. The molecule has 0 aliphatic heterocycles. The second kappa shape index (κ2) is 41.1. The zero-order valence-electron chi connectivity index (χ0n) is 67.3. The summed E-state index contributed by atoms with van der Waals surface area (Å²) in [7, 11) is -5.98. The van der Waals surface area contributed by atoms with Gasteiger partial charge in [0.1, 0.15) is 52.8 Å². The molecule has 2 amide bonds. The predicted octanol–water partition coefficient (Wildman–Crippen LogP) is 22.5. The van der Waals surface area contributed by atoms with E-state index in [0.29, 0.717) is 45.4 Å². The van der Waals surface area contributed by atoms with Crippen molar-refractivity contribution in [2.45, 2.75) is 76.2 Å². The number of hydrogen-bond acceptors (Lipinski definition) is 13. The number of para-hydroxylation sites is 3. The summed E-state index contributed by atoms with van der Waals surface area (Å²) >= 11 is 13.6. The Balaban J connectivity index is 0.000000140. The Morgan fingerprint density at radius 1 is 0.443 bits per heavy atom. The lowest BCUT2D eigenvalue weighted by molar-refractivity contribution is -0.121. The fraction of sp³-hybridized carbons (Fsp3) is 0.125. The summed E-state index contributed by atoms with van der Waals surface area (Å²) in [5, 5.41) is 27.8. The van der Waals surface area contributed by atoms with E-state index in [1.807, 2.05) is 263 Å². The summed E-state index contributed by atoms with van der Waals surface area (Å²) in [6, 6.07) is 97.3. The first-order chi connectivity index (χ1) is 59.2. The van der Waals surface area contributed by atoms with Crippen LogP contribution >= 0.6 is 34.5 Å². The highest BCUT2D eigenvalue weighted by atomic mass is 35.5. The van der Waals surface area contributed by atoms with Crippen LogP contribution in [0.2, 0.25) is 10.0 Å². The van der Waals surface area contributed by atoms with Gasteiger partial charge in [-0.05, 0) is 199 Å². The number of methoxy groups -OCH3 is 1. The first-order valence-corrected chi connectivity index (χ1v) is 43.9. The normalized spacial score (nSPS) is 11.1. The van der Waals surface area contributed by atoms with Crippen molar-refractivity contribution in [1.29, 1.82) is 0 Å². The molecule has 122 heavy (non-hydrogen) atoms. The number of nitrogens with one attached hydrogen (secondary N) is 4. The zero-order chi connectivity index (χ0) is 85.5. The average Bonchev–Trinajstić information content (AvgIpc) is 1.66. The summed E-state index contributed by atoms with van der Waals surface area (Å²) in [6.45, 7) is 8.54. The fourth-order valence-corrected chi connectivity index (χ4v) is 15.8. The number of carbonyl (C=O) groups is 2. The first-order valence-electron chi connectivity index (χ1n) is 39.3. The Kier molecular flexibility index (Phi) is 29.1. The number of sulfonamides is 2. The maximum Gasteiger partial charge on any atom is 0.263 e. The topological polar surface area (TPSA) is 240 Å². The van der Waals surface area contributed by atoms with Crippen molar-refractivity contribution in [1.82, 2.24) is 39.1 Å². The van der Waals surface area contributed by atoms with Crippen LogP contribution in [-0.2, 0) is 55.4 Å². The van der Waals surface area contributed by atoms with Crippen molar-refractivity contribution in [3.63, 3.8) is 0 Å². The van der Waals surface area contributed by atoms with Crippen LogP contribution < -0.4 is 24.8 Å². The van der Waals surface area contributed by atoms with Crippen LogP contribution in [0.3, 0.4) is 0 Å². The summed E-state index contributed by atoms with van der Waals surface area (Å²) < 4.78 is 88.7. The zero-order valence-corrected chi connectivity index (χ0v) is 71.3. The monoisotopic (exact) mass is 1720 g/mol. The van der Waals surface area contributed by atoms with E-state index in [-0.39, 0.29) is 39.7 Å². The van der Waals surface area contributed by atoms with Crippen LogP contribution in [-0.4, -0.2) is 81.5 Å². The Bertz CT molecular complexity index is 6380. The molecule has 618 valence electrons. The highest BCUT2D eigenvalue weighted by molar-refractivity contribution is 7.93. The van der Waals surface area contributed by atoms with Gasteiger partial charge in [-0.3, -0.25) is 19.0 Å². The molecule has 0 atom stereocenters. The van der Waals surface area contributed by atoms with Crippen molar-refractivity contribution in [3.8, 4) is 72.8 Å². The molecule has 4 N–H and O–H groups in total. The van der Waals surface area contributed by atoms with Gasteiger partial charge >= 0.3 is 0 Å². The number of thiophene rings is 1. The highest BCUT2D eigenvalue weighted by Crippen LogP contribution is 2.34. The van der Waals surface area contributed by atoms with Crippen LogP contribution in [0.4, 0.5) is 27.7 Å². The lowest BCUT2D eigenvalue weighted by Crippen LogP contribution is -2.20. The molecule has 0 radical (unpaired) electrons. The first kappa shape index (κ1) is 86.5. The number of ether oxygens (including phenoxy) is 2. The SMILES string of the molecule is CCCCc1ccc(C(=O)Nc2cc(-c3ccc(Cl)cc3)nn2-c2ccc(Cl)cc2)cc1.CCc1ccc(S(=O)(=O)Nc2cc(-c3ccccc3)nn2-c2ccccc2F)cc1.CCc1ccc(S(=O)(=O)Nc2cc(-c3cccs3)nn2-c2ccccc2)cc1.COc1ccc(-c2cc(NC(=O)COCc3ccccc3)n(-c3ccccc3C)n2)cc1. The van der Waals surface area contributed by atoms with Gasteiger partial charge in [-0.15, -0.1) is 11.3 Å². The maximum atomic E-state index is 14.5. The Morgan fingerprint density at radius 3 is 1.44 bits per heavy atom. The van der Waals surface area contributed by atoms with Crippen LogP contribution in [0.5, 0.6) is 5.75 Å². The third-order valence-electron chi connectivity index (χ3n) is 19.4. The van der Waals surface area contributed by atoms with Gasteiger partial charge < -0.3 is 20.1 Å². The van der Waals surface area contributed by atoms with Gasteiger partial charge in [-0.1, -0.05) is 214 Å². The third kappa shape index (κ3) is 22.6. The summed E-state index contributed by atoms with van der Waals surface area (Å²) in [5.74, 6) is 1.54. The maximum absolute atomic E-state index is 14.5. The molecule has 0 fully saturated rings. The summed E-state index contributed by atoms with van der Waals surface area (Å²) in [6.07, 6.45) is 4.98. The van der Waals surface area contributed by atoms with Crippen LogP contribution in [0.1, 0.15) is 71.8 Å². The number of anilines is 4. The lowest BCUT2D eigenvalue weighted by atomic mass is 10.1. The number of unbranched alkanes of at least 4 members (excludes halogenated alkanes) is 1. The molecule has 0 saturated carbocycles. The van der Waals surface area contributed by atoms with Gasteiger partial charge in [-0.25, -0.2) is 40.0 Å². The molecule has 16 rings (SSSR count). The number of nitrogens with zero attached hydrogens (tertiary/aromatic N) is 8. The smallest absolute Gasteiger partial charge is 0.263 e. The van der Waals surface area contributed by atoms with Gasteiger partial charge in [0.25, 0.3) is 31.9 Å². The van der Waals surface area contributed by atoms with Crippen LogP contribution in [0.15, 0.2) is 337 Å². The molecule has 0 aliphatic carbocycles. The van der Waals surface area contributed by atoms with Crippen LogP contribution in [0.25, 0.3) is 67.1 Å². The number of rotatable bonds is 27. The predicted molar refractivity (Wildman–Crippen MR) is 486 cm³/mol. The quantitative estimate of drug-likeness (QED) is 0.0376. The average molecular weight is 1720 g/mol. The van der Waals surface area contributed by atoms with E-state index in [0.717, 1.165) is 116 Å². The standard InChI is InChI=1S/C26H23Cl2N3O.C26H25N3O3.C23H20FN3O2S.C21H19N3O2S2/c1-2-3-4-18-5-7-20(8-6-18)26(32)29-25-17-24(19-9-11-21(27)12-10-19)30-31(25)23-15-13-22(28)14-16-23;1-19-8-6-7-11-24(19)29-25(16-23(28-29)21-12-14-22(31-2)15-13-21)27-26(30)18-32-17-20-9-4-3-5-10-20;1-2-17-12-14-19(15-13-17)30(28,29)26-23-16-21(18-8-4-3-5-9-18)25-27(23)22-11-7-6-10-20(22)24;1-2-16-10-12-18(13-11-16)28(25,26)23-21-15-19(20-9-6-14-27-20)22-24(21)17-7-4-3-5-8-17/h5-17H,2-4H2,1H3,(H,29,32);3-16H,17-18H2,1-2H3,(H,27,30);3-16,26H,2H2,1H3;3-15,23H,2H2,1H3. The Labute approximate surface area is 723 Å². The summed E-state index contributed by atoms with van der Waals surface area (Å²) in [4.78, 5) is 26.9. The van der Waals surface area contributed by atoms with Gasteiger partial charge in [0.15, 0.2) is 0 Å². The molecule has 0 bridgehead atoms. The van der Waals surface area contributed by atoms with Crippen molar-refractivity contribution >= 4 is 89.7 Å². The minimum atomic E-state index is -3.88. The lowest BCUT2D eigenvalue weighted by Gasteiger charge is -2.11. The van der Waals surface area contributed by atoms with E-state index >= 15 is 0 Å². The van der Waals surface area contributed by atoms with E-state index in [2.05, 4.69) is 37.2 Å². The minimum Gasteiger partial charge on any atom is -0.497 e. The number of benzene rings is 11. The van der Waals surface area contributed by atoms with Gasteiger partial charge in [-0.2, -0.15) is 20.4 Å². The molecule has 0 unspecified atom stereocenters. The molecule has 0 aliphatic rings. The van der Waals surface area contributed by atoms with Crippen molar-refractivity contribution in [3.05, 3.63) is 376 Å². The van der Waals surface area contributed by atoms with E-state index in [4.69, 9.17) is 42.9 Å². The second-order valence-corrected chi connectivity index (χ2v) is 33.1. The van der Waals surface area contributed by atoms with Crippen molar-refractivity contribution in [2.24, 2.45) is 0 Å². The van der Waals surface area contributed by atoms with Gasteiger partial charge in [0.05, 0.1) is 62.5 Å². The molecule has 0 saturated heterocycles. The molecule has 11 aromatic carbocycles. The molecule has 5 heterocycles. The number of hydrogen-bond donors (Lipinski definition) is 4. The van der Waals surface area contributed by atoms with Gasteiger partial charge in [0, 0.05) is 56.6 Å². The van der Waals surface area contributed by atoms with E-state index < -0.39 is 25.9 Å². The molecule has 26 heteroatoms. The van der Waals surface area contributed by atoms with Crippen molar-refractivity contribution in [2.75, 3.05) is 33.8 Å². The van der Waals surface area contributed by atoms with E-state index in [9.17, 15) is 30.8 Å². The highest BCUT2D eigenvalue weighted by Gasteiger charge is 2.24. The van der Waals surface area contributed by atoms with Crippen molar-refractivity contribution < 1.29 is 40.3 Å². The summed E-state index contributed by atoms with van der Waals surface area (Å²) in [5.41, 5.74) is 14.0. The largest absolute Gasteiger partial charge is 0.497 e. The molecular formula is C96H87Cl2FN12O8S3. The van der Waals surface area contributed by atoms with Crippen LogP contribution in [0, 0.1) is 12.7 Å². The molecule has 16 aromatic rings. The number of aryl methyl sites for hydroxylation is 4. The number of amides is 2. The minimum absolute atomic E-state index is 0.0499. The molecular weight excluding hydrogens is 1640 g/mol. The Morgan fingerprint density at radius 2 is 0.893 bits per heavy atom. The van der Waals surface area contributed by atoms with E-state index in [1.165, 1.54) is 16.3 Å². The molecule has 5 aromatic heterocycles. The van der Waals surface area contributed by atoms with Gasteiger partial charge in [0.2, 0.25) is 0 Å². The molecule has 0 spiro atoms. The molecule has 20 nitrogen and oxygen atoms in total. The number of carbonyl (C=O) groups excluding carboxylic acids is 2. The number of halogens is 3.